The number of likely N-dealkylation sites (tertiary alicyclic amines) is 1. The summed E-state index contributed by atoms with van der Waals surface area (Å²) < 4.78 is 40.9. The highest BCUT2D eigenvalue weighted by Gasteiger charge is 2.25. The molecule has 0 spiro atoms. The van der Waals surface area contributed by atoms with Crippen LogP contribution in [0.5, 0.6) is 0 Å². The van der Waals surface area contributed by atoms with E-state index in [0.29, 0.717) is 16.5 Å². The van der Waals surface area contributed by atoms with E-state index in [1.165, 1.54) is 30.5 Å². The largest absolute Gasteiger partial charge is 0.351 e. The topological polar surface area (TPSA) is 88.5 Å². The van der Waals surface area contributed by atoms with Gasteiger partial charge in [0.25, 0.3) is 0 Å². The van der Waals surface area contributed by atoms with Gasteiger partial charge in [-0.3, -0.25) is 9.59 Å². The molecule has 0 unspecified atom stereocenters. The fraction of sp³-hybridized carbons (Fsp3) is 0.333. The van der Waals surface area contributed by atoms with Gasteiger partial charge < -0.3 is 14.8 Å². The molecule has 1 saturated heterocycles. The monoisotopic (exact) mass is 471 g/mol. The van der Waals surface area contributed by atoms with Crippen LogP contribution >= 0.6 is 0 Å². The summed E-state index contributed by atoms with van der Waals surface area (Å²) in [4.78, 5) is 27.0. The third-order valence-corrected chi connectivity index (χ3v) is 7.46. The van der Waals surface area contributed by atoms with Crippen molar-refractivity contribution >= 4 is 32.6 Å². The lowest BCUT2D eigenvalue weighted by atomic mass is 10.1. The van der Waals surface area contributed by atoms with E-state index in [2.05, 4.69) is 5.32 Å². The van der Waals surface area contributed by atoms with E-state index < -0.39 is 21.5 Å². The molecule has 3 aromatic rings. The number of hydrogen-bond donors (Lipinski definition) is 1. The summed E-state index contributed by atoms with van der Waals surface area (Å²) in [6.45, 7) is 1.59. The lowest BCUT2D eigenvalue weighted by Gasteiger charge is -2.27. The Bertz CT molecular complexity index is 1260. The van der Waals surface area contributed by atoms with Crippen LogP contribution in [-0.4, -0.2) is 48.5 Å². The van der Waals surface area contributed by atoms with Crippen molar-refractivity contribution in [1.29, 1.82) is 0 Å². The van der Waals surface area contributed by atoms with Crippen LogP contribution in [-0.2, 0) is 32.5 Å². The van der Waals surface area contributed by atoms with Gasteiger partial charge in [-0.2, -0.15) is 0 Å². The van der Waals surface area contributed by atoms with Gasteiger partial charge in [-0.15, -0.1) is 0 Å². The minimum atomic E-state index is -3.95. The van der Waals surface area contributed by atoms with Crippen molar-refractivity contribution in [2.24, 2.45) is 0 Å². The molecule has 4 rings (SSSR count). The van der Waals surface area contributed by atoms with Gasteiger partial charge in [-0.1, -0.05) is 30.3 Å². The number of aromatic nitrogens is 1. The molecule has 1 aliphatic rings. The molecule has 0 atom stereocenters. The number of benzene rings is 2. The summed E-state index contributed by atoms with van der Waals surface area (Å²) in [5.74, 6) is -1.80. The minimum absolute atomic E-state index is 0.0291. The standard InChI is InChI=1S/C24H26FN3O4S/c25-19-10-8-18(9-11-19)14-26-23(29)17-33(31,32)22-15-28(21-7-3-2-6-20(21)22)16-24(30)27-12-4-1-5-13-27/h2-3,6-11,15H,1,4-5,12-14,16-17H2,(H,26,29). The number of carbonyl (C=O) groups excluding carboxylic acids is 2. The van der Waals surface area contributed by atoms with Crippen LogP contribution < -0.4 is 5.32 Å². The zero-order valence-corrected chi connectivity index (χ0v) is 19.0. The lowest BCUT2D eigenvalue weighted by Crippen LogP contribution is -2.37. The van der Waals surface area contributed by atoms with Gasteiger partial charge in [0.2, 0.25) is 11.8 Å². The Labute approximate surface area is 192 Å². The summed E-state index contributed by atoms with van der Waals surface area (Å²) in [5, 5.41) is 3.05. The van der Waals surface area contributed by atoms with E-state index in [9.17, 15) is 22.4 Å². The highest BCUT2D eigenvalue weighted by molar-refractivity contribution is 7.92. The fourth-order valence-corrected chi connectivity index (χ4v) is 5.48. The second-order valence-corrected chi connectivity index (χ2v) is 10.2. The van der Waals surface area contributed by atoms with Gasteiger partial charge in [-0.25, -0.2) is 12.8 Å². The maximum Gasteiger partial charge on any atom is 0.242 e. The summed E-state index contributed by atoms with van der Waals surface area (Å²) in [7, 11) is -3.95. The lowest BCUT2D eigenvalue weighted by molar-refractivity contribution is -0.132. The molecule has 2 amide bonds. The number of piperidine rings is 1. The van der Waals surface area contributed by atoms with Gasteiger partial charge in [0.15, 0.2) is 9.84 Å². The number of nitrogens with one attached hydrogen (secondary N) is 1. The SMILES string of the molecule is O=C(CS(=O)(=O)c1cn(CC(=O)N2CCCCC2)c2ccccc12)NCc1ccc(F)cc1. The van der Waals surface area contributed by atoms with Gasteiger partial charge in [-0.05, 0) is 43.0 Å². The van der Waals surface area contributed by atoms with Crippen molar-refractivity contribution in [3.8, 4) is 0 Å². The Hall–Kier alpha value is -3.20. The molecular weight excluding hydrogens is 445 g/mol. The predicted molar refractivity (Wildman–Crippen MR) is 123 cm³/mol. The molecule has 9 heteroatoms. The zero-order chi connectivity index (χ0) is 23.4. The molecule has 174 valence electrons. The molecule has 1 N–H and O–H groups in total. The Balaban J connectivity index is 1.50. The Morgan fingerprint density at radius 1 is 0.970 bits per heavy atom. The number of nitrogens with zero attached hydrogens (tertiary/aromatic N) is 2. The molecular formula is C24H26FN3O4S. The molecule has 7 nitrogen and oxygen atoms in total. The van der Waals surface area contributed by atoms with Gasteiger partial charge >= 0.3 is 0 Å². The minimum Gasteiger partial charge on any atom is -0.351 e. The van der Waals surface area contributed by atoms with Crippen molar-refractivity contribution < 1.29 is 22.4 Å². The van der Waals surface area contributed by atoms with Crippen molar-refractivity contribution in [3.63, 3.8) is 0 Å². The van der Waals surface area contributed by atoms with Gasteiger partial charge in [0.1, 0.15) is 18.1 Å². The fourth-order valence-electron chi connectivity index (χ4n) is 4.09. The number of amides is 2. The molecule has 1 aliphatic heterocycles. The van der Waals surface area contributed by atoms with E-state index in [-0.39, 0.29) is 29.7 Å². The first-order valence-electron chi connectivity index (χ1n) is 10.9. The number of halogens is 1. The van der Waals surface area contributed by atoms with Crippen LogP contribution in [0.2, 0.25) is 0 Å². The number of para-hydroxylation sites is 1. The molecule has 33 heavy (non-hydrogen) atoms. The Morgan fingerprint density at radius 3 is 2.39 bits per heavy atom. The first-order valence-corrected chi connectivity index (χ1v) is 12.6. The molecule has 0 radical (unpaired) electrons. The first-order chi connectivity index (χ1) is 15.8. The van der Waals surface area contributed by atoms with Crippen LogP contribution in [0.25, 0.3) is 10.9 Å². The third kappa shape index (κ3) is 5.42. The number of fused-ring (bicyclic) bond motifs is 1. The number of rotatable bonds is 7. The predicted octanol–water partition coefficient (Wildman–Crippen LogP) is 2.88. The van der Waals surface area contributed by atoms with Crippen molar-refractivity contribution in [3.05, 3.63) is 66.1 Å². The summed E-state index contributed by atoms with van der Waals surface area (Å²) in [6, 6.07) is 12.6. The van der Waals surface area contributed by atoms with E-state index in [0.717, 1.165) is 32.4 Å². The average Bonchev–Trinajstić information content (AvgIpc) is 3.18. The summed E-state index contributed by atoms with van der Waals surface area (Å²) in [5.41, 5.74) is 1.29. The summed E-state index contributed by atoms with van der Waals surface area (Å²) >= 11 is 0. The molecule has 2 aromatic carbocycles. The second kappa shape index (κ2) is 9.74. The third-order valence-electron chi connectivity index (χ3n) is 5.83. The van der Waals surface area contributed by atoms with Crippen LogP contribution in [0, 0.1) is 5.82 Å². The van der Waals surface area contributed by atoms with E-state index >= 15 is 0 Å². The maximum absolute atomic E-state index is 13.1. The van der Waals surface area contributed by atoms with Crippen LogP contribution in [0.15, 0.2) is 59.6 Å². The molecule has 2 heterocycles. The summed E-state index contributed by atoms with van der Waals surface area (Å²) in [6.07, 6.45) is 4.52. The first kappa shape index (κ1) is 23.0. The van der Waals surface area contributed by atoms with Crippen molar-refractivity contribution in [1.82, 2.24) is 14.8 Å². The van der Waals surface area contributed by atoms with E-state index in [1.807, 2.05) is 4.90 Å². The Kier molecular flexibility index (Phi) is 6.78. The van der Waals surface area contributed by atoms with Gasteiger partial charge in [0.05, 0.1) is 4.90 Å². The quantitative estimate of drug-likeness (QED) is 0.574. The molecule has 0 saturated carbocycles. The van der Waals surface area contributed by atoms with E-state index in [4.69, 9.17) is 0 Å². The number of hydrogen-bond acceptors (Lipinski definition) is 4. The van der Waals surface area contributed by atoms with Crippen molar-refractivity contribution in [2.45, 2.75) is 37.2 Å². The van der Waals surface area contributed by atoms with Gasteiger partial charge in [0, 0.05) is 36.7 Å². The van der Waals surface area contributed by atoms with Crippen LogP contribution in [0.3, 0.4) is 0 Å². The normalized spacial score (nSPS) is 14.4. The molecule has 1 aromatic heterocycles. The van der Waals surface area contributed by atoms with Crippen LogP contribution in [0.4, 0.5) is 4.39 Å². The van der Waals surface area contributed by atoms with Crippen molar-refractivity contribution in [2.75, 3.05) is 18.8 Å². The smallest absolute Gasteiger partial charge is 0.242 e. The number of sulfone groups is 1. The maximum atomic E-state index is 13.1. The Morgan fingerprint density at radius 2 is 1.67 bits per heavy atom. The molecule has 1 fully saturated rings. The number of carbonyl (C=O) groups is 2. The zero-order valence-electron chi connectivity index (χ0n) is 18.2. The molecule has 0 aliphatic carbocycles. The van der Waals surface area contributed by atoms with E-state index in [1.54, 1.807) is 28.8 Å². The second-order valence-electron chi connectivity index (χ2n) is 8.24. The average molecular weight is 472 g/mol. The molecule has 0 bridgehead atoms. The van der Waals surface area contributed by atoms with Crippen LogP contribution in [0.1, 0.15) is 24.8 Å². The highest BCUT2D eigenvalue weighted by atomic mass is 32.2. The highest BCUT2D eigenvalue weighted by Crippen LogP contribution is 2.26.